The maximum atomic E-state index is 12.5. The molecule has 0 fully saturated rings. The molecule has 0 heterocycles. The normalized spacial score (nSPS) is 26.3. The van der Waals surface area contributed by atoms with Crippen LogP contribution in [0.4, 0.5) is 5.69 Å². The Labute approximate surface area is 148 Å². The predicted octanol–water partition coefficient (Wildman–Crippen LogP) is 2.86. The summed E-state index contributed by atoms with van der Waals surface area (Å²) in [6.45, 7) is 2.88. The van der Waals surface area contributed by atoms with E-state index < -0.39 is 31.0 Å². The molecule has 0 saturated heterocycles. The van der Waals surface area contributed by atoms with E-state index in [4.69, 9.17) is 23.2 Å². The molecule has 7 nitrogen and oxygen atoms in total. The van der Waals surface area contributed by atoms with Gasteiger partial charge in [0.1, 0.15) is 10.3 Å². The summed E-state index contributed by atoms with van der Waals surface area (Å²) < 4.78 is 28.6. The van der Waals surface area contributed by atoms with E-state index in [1.807, 2.05) is 0 Å². The number of halogens is 2. The van der Waals surface area contributed by atoms with E-state index >= 15 is 0 Å². The number of sulfonamides is 1. The lowest BCUT2D eigenvalue weighted by Crippen LogP contribution is -2.46. The summed E-state index contributed by atoms with van der Waals surface area (Å²) in [4.78, 5) is 20.0. The number of non-ortho nitro benzene ring substituents is 1. The number of carbonyl (C=O) groups excluding carboxylic acids is 1. The van der Waals surface area contributed by atoms with E-state index in [0.29, 0.717) is 0 Å². The van der Waals surface area contributed by atoms with Crippen LogP contribution in [0.1, 0.15) is 13.8 Å². The minimum Gasteiger partial charge on any atom is -0.293 e. The monoisotopic (exact) mass is 390 g/mol. The number of allylic oxidation sites excluding steroid dienone is 2. The van der Waals surface area contributed by atoms with E-state index in [-0.39, 0.29) is 21.9 Å². The maximum Gasteiger partial charge on any atom is 0.282 e. The number of alkyl halides is 2. The highest BCUT2D eigenvalue weighted by molar-refractivity contribution is 7.90. The Kier molecular flexibility index (Phi) is 4.85. The van der Waals surface area contributed by atoms with Gasteiger partial charge in [-0.3, -0.25) is 14.9 Å². The van der Waals surface area contributed by atoms with E-state index in [1.165, 1.54) is 32.1 Å². The molecule has 24 heavy (non-hydrogen) atoms. The lowest BCUT2D eigenvalue weighted by molar-refractivity contribution is -0.385. The number of carbonyl (C=O) groups is 1. The molecule has 0 saturated carbocycles. The molecular weight excluding hydrogens is 379 g/mol. The lowest BCUT2D eigenvalue weighted by atomic mass is 9.87. The van der Waals surface area contributed by atoms with Crippen LogP contribution in [0.2, 0.25) is 0 Å². The van der Waals surface area contributed by atoms with Crippen LogP contribution in [0, 0.1) is 10.1 Å². The minimum atomic E-state index is -4.27. The molecule has 1 aliphatic carbocycles. The molecule has 0 spiro atoms. The second kappa shape index (κ2) is 6.27. The minimum absolute atomic E-state index is 0.0738. The molecule has 0 bridgehead atoms. The Morgan fingerprint density at radius 3 is 2.58 bits per heavy atom. The van der Waals surface area contributed by atoms with Gasteiger partial charge < -0.3 is 0 Å². The summed E-state index contributed by atoms with van der Waals surface area (Å²) in [5.41, 5.74) is -0.190. The van der Waals surface area contributed by atoms with Crippen LogP contribution in [-0.2, 0) is 14.8 Å². The first kappa shape index (κ1) is 18.6. The van der Waals surface area contributed by atoms with Gasteiger partial charge in [-0.1, -0.05) is 6.07 Å². The summed E-state index contributed by atoms with van der Waals surface area (Å²) in [7, 11) is -4.27. The van der Waals surface area contributed by atoms with Crippen LogP contribution in [0.25, 0.3) is 0 Å². The first-order chi connectivity index (χ1) is 11.0. The quantitative estimate of drug-likeness (QED) is 0.447. The van der Waals surface area contributed by atoms with Crippen molar-refractivity contribution in [2.75, 3.05) is 0 Å². The summed E-state index contributed by atoms with van der Waals surface area (Å²) >= 11 is 12.2. The maximum absolute atomic E-state index is 12.5. The molecule has 2 unspecified atom stereocenters. The highest BCUT2D eigenvalue weighted by Crippen LogP contribution is 2.35. The number of nitro benzene ring substituents is 1. The molecule has 0 N–H and O–H groups in total. The van der Waals surface area contributed by atoms with Crippen molar-refractivity contribution in [3.05, 3.63) is 46.0 Å². The van der Waals surface area contributed by atoms with Crippen molar-refractivity contribution < 1.29 is 18.1 Å². The zero-order chi connectivity index (χ0) is 18.3. The number of nitrogens with zero attached hydrogens (tertiary/aromatic N) is 2. The van der Waals surface area contributed by atoms with Crippen LogP contribution in [-0.4, -0.2) is 35.1 Å². The second-order valence-corrected chi connectivity index (χ2v) is 8.16. The topological polar surface area (TPSA) is 107 Å². The van der Waals surface area contributed by atoms with Crippen molar-refractivity contribution >= 4 is 50.4 Å². The highest BCUT2D eigenvalue weighted by Gasteiger charge is 2.44. The highest BCUT2D eigenvalue weighted by atomic mass is 35.5. The van der Waals surface area contributed by atoms with E-state index in [2.05, 4.69) is 4.40 Å². The molecule has 1 aromatic rings. The third kappa shape index (κ3) is 3.35. The average molecular weight is 391 g/mol. The van der Waals surface area contributed by atoms with Gasteiger partial charge in [-0.15, -0.1) is 23.2 Å². The smallest absolute Gasteiger partial charge is 0.282 e. The average Bonchev–Trinajstić information content (AvgIpc) is 2.50. The van der Waals surface area contributed by atoms with Crippen LogP contribution in [0.3, 0.4) is 0 Å². The summed E-state index contributed by atoms with van der Waals surface area (Å²) in [5, 5.41) is 9.62. The van der Waals surface area contributed by atoms with E-state index in [9.17, 15) is 23.3 Å². The van der Waals surface area contributed by atoms with Crippen molar-refractivity contribution in [1.29, 1.82) is 0 Å². The van der Waals surface area contributed by atoms with Gasteiger partial charge in [0.2, 0.25) is 0 Å². The second-order valence-electron chi connectivity index (χ2n) is 5.34. The number of rotatable bonds is 3. The molecule has 0 amide bonds. The number of benzene rings is 1. The van der Waals surface area contributed by atoms with Crippen LogP contribution >= 0.6 is 23.2 Å². The van der Waals surface area contributed by atoms with Crippen LogP contribution in [0.15, 0.2) is 45.2 Å². The van der Waals surface area contributed by atoms with Crippen molar-refractivity contribution in [1.82, 2.24) is 0 Å². The summed E-state index contributed by atoms with van der Waals surface area (Å²) in [6, 6.07) is 4.49. The zero-order valence-electron chi connectivity index (χ0n) is 12.6. The molecule has 10 heteroatoms. The Morgan fingerprint density at radius 1 is 1.38 bits per heavy atom. The molecule has 0 aliphatic heterocycles. The van der Waals surface area contributed by atoms with Gasteiger partial charge in [-0.05, 0) is 31.6 Å². The van der Waals surface area contributed by atoms with Crippen LogP contribution < -0.4 is 0 Å². The summed E-state index contributed by atoms with van der Waals surface area (Å²) in [5.74, 6) is -0.446. The number of ketones is 1. The fourth-order valence-electron chi connectivity index (χ4n) is 2.22. The Bertz CT molecular complexity index is 890. The van der Waals surface area contributed by atoms with E-state index in [1.54, 1.807) is 0 Å². The SMILES string of the molecule is CC1=CC(=O)C(Cl)C(C)(Cl)C1=NS(=O)(=O)c1cccc([N+](=O)[O-])c1. The largest absolute Gasteiger partial charge is 0.293 e. The predicted molar refractivity (Wildman–Crippen MR) is 90.4 cm³/mol. The van der Waals surface area contributed by atoms with Crippen LogP contribution in [0.5, 0.6) is 0 Å². The van der Waals surface area contributed by atoms with Gasteiger partial charge >= 0.3 is 0 Å². The Morgan fingerprint density at radius 2 is 2.00 bits per heavy atom. The van der Waals surface area contributed by atoms with Gasteiger partial charge in [-0.2, -0.15) is 12.8 Å². The molecule has 0 aromatic heterocycles. The number of hydrogen-bond donors (Lipinski definition) is 0. The van der Waals surface area contributed by atoms with Gasteiger partial charge in [0.25, 0.3) is 15.7 Å². The Hall–Kier alpha value is -1.77. The third-order valence-electron chi connectivity index (χ3n) is 3.46. The zero-order valence-corrected chi connectivity index (χ0v) is 14.9. The first-order valence-corrected chi connectivity index (χ1v) is 8.87. The molecule has 1 aromatic carbocycles. The van der Waals surface area contributed by atoms with Crippen molar-refractivity contribution in [2.45, 2.75) is 29.0 Å². The van der Waals surface area contributed by atoms with Gasteiger partial charge in [0.05, 0.1) is 15.5 Å². The molecule has 1 aliphatic rings. The number of hydrogen-bond acceptors (Lipinski definition) is 5. The first-order valence-electron chi connectivity index (χ1n) is 6.62. The lowest BCUT2D eigenvalue weighted by Gasteiger charge is -2.31. The molecule has 0 radical (unpaired) electrons. The standard InChI is InChI=1S/C14H12Cl2N2O5S/c1-8-6-11(19)12(15)14(2,16)13(8)17-24(22,23)10-5-3-4-9(7-10)18(20)21/h3-7,12H,1-2H3. The van der Waals surface area contributed by atoms with Gasteiger partial charge in [0, 0.05) is 12.1 Å². The molecule has 2 atom stereocenters. The fourth-order valence-corrected chi connectivity index (χ4v) is 3.93. The fraction of sp³-hybridized carbons (Fsp3) is 0.286. The molecular formula is C14H12Cl2N2O5S. The van der Waals surface area contributed by atoms with Crippen molar-refractivity contribution in [3.63, 3.8) is 0 Å². The molecule has 128 valence electrons. The summed E-state index contributed by atoms with van der Waals surface area (Å²) in [6.07, 6.45) is 1.17. The van der Waals surface area contributed by atoms with Gasteiger partial charge in [-0.25, -0.2) is 0 Å². The Balaban J connectivity index is 2.60. The van der Waals surface area contributed by atoms with Gasteiger partial charge in [0.15, 0.2) is 5.78 Å². The van der Waals surface area contributed by atoms with Crippen molar-refractivity contribution in [3.8, 4) is 0 Å². The van der Waals surface area contributed by atoms with Crippen molar-refractivity contribution in [2.24, 2.45) is 4.40 Å². The third-order valence-corrected chi connectivity index (χ3v) is 5.89. The van der Waals surface area contributed by atoms with E-state index in [0.717, 1.165) is 12.1 Å². The molecule has 2 rings (SSSR count). The number of nitro groups is 1.